The van der Waals surface area contributed by atoms with Crippen LogP contribution in [0.5, 0.6) is 0 Å². The Morgan fingerprint density at radius 3 is 2.30 bits per heavy atom. The molecule has 6 nitrogen and oxygen atoms in total. The van der Waals surface area contributed by atoms with Crippen LogP contribution in [0.15, 0.2) is 29.2 Å². The van der Waals surface area contributed by atoms with Crippen molar-refractivity contribution in [3.63, 3.8) is 0 Å². The lowest BCUT2D eigenvalue weighted by Gasteiger charge is -2.12. The van der Waals surface area contributed by atoms with E-state index in [0.717, 1.165) is 0 Å². The van der Waals surface area contributed by atoms with Crippen LogP contribution in [0.1, 0.15) is 25.3 Å². The van der Waals surface area contributed by atoms with Crippen LogP contribution in [0.3, 0.4) is 0 Å². The first-order chi connectivity index (χ1) is 9.28. The number of hydrogen-bond acceptors (Lipinski definition) is 4. The number of carboxylic acid groups (broad SMARTS) is 1. The molecule has 1 aliphatic carbocycles. The maximum atomic E-state index is 11.9. The van der Waals surface area contributed by atoms with Crippen molar-refractivity contribution in [1.29, 1.82) is 0 Å². The number of carbonyl (C=O) groups is 1. The molecule has 0 spiro atoms. The van der Waals surface area contributed by atoms with Gasteiger partial charge in [0.1, 0.15) is 0 Å². The highest BCUT2D eigenvalue weighted by molar-refractivity contribution is 7.89. The zero-order chi connectivity index (χ0) is 15.0. The van der Waals surface area contributed by atoms with Crippen LogP contribution >= 0.6 is 0 Å². The lowest BCUT2D eigenvalue weighted by atomic mass is 9.96. The molecule has 1 aromatic rings. The van der Waals surface area contributed by atoms with Crippen molar-refractivity contribution >= 4 is 16.0 Å². The summed E-state index contributed by atoms with van der Waals surface area (Å²) in [6.45, 7) is 1.42. The summed E-state index contributed by atoms with van der Waals surface area (Å²) in [6, 6.07) is 5.86. The normalized spacial score (nSPS) is 18.5. The molecule has 0 aromatic heterocycles. The van der Waals surface area contributed by atoms with E-state index < -0.39 is 27.5 Å². The van der Waals surface area contributed by atoms with Gasteiger partial charge >= 0.3 is 5.97 Å². The molecular weight excluding hydrogens is 282 g/mol. The minimum Gasteiger partial charge on any atom is -0.481 e. The van der Waals surface area contributed by atoms with E-state index in [-0.39, 0.29) is 11.4 Å². The second kappa shape index (κ2) is 5.16. The first kappa shape index (κ1) is 15.0. The van der Waals surface area contributed by atoms with E-state index in [9.17, 15) is 18.3 Å². The van der Waals surface area contributed by atoms with Gasteiger partial charge in [-0.05, 0) is 37.5 Å². The number of sulfonamides is 1. The van der Waals surface area contributed by atoms with Gasteiger partial charge in [-0.25, -0.2) is 13.1 Å². The van der Waals surface area contributed by atoms with Crippen LogP contribution in [0.2, 0.25) is 0 Å². The third kappa shape index (κ3) is 2.84. The van der Waals surface area contributed by atoms with Crippen LogP contribution in [-0.2, 0) is 20.2 Å². The Hall–Kier alpha value is -1.44. The molecular formula is C13H17NO5S. The van der Waals surface area contributed by atoms with Crippen molar-refractivity contribution in [2.45, 2.75) is 36.2 Å². The zero-order valence-corrected chi connectivity index (χ0v) is 11.9. The maximum Gasteiger partial charge on any atom is 0.314 e. The number of aliphatic hydroxyl groups excluding tert-OH is 1. The van der Waals surface area contributed by atoms with Gasteiger partial charge in [-0.1, -0.05) is 12.1 Å². The quantitative estimate of drug-likeness (QED) is 0.708. The molecule has 0 radical (unpaired) electrons. The summed E-state index contributed by atoms with van der Waals surface area (Å²) in [4.78, 5) is 11.2. The molecule has 7 heteroatoms. The molecule has 0 saturated heterocycles. The summed E-state index contributed by atoms with van der Waals surface area (Å²) < 4.78 is 26.1. The Bertz CT molecular complexity index is 602. The third-order valence-electron chi connectivity index (χ3n) is 3.45. The SMILES string of the molecule is C[C@@H](O)CNS(=O)(=O)c1ccc(C2(C(=O)O)CC2)cc1. The predicted octanol–water partition coefficient (Wildman–Crippen LogP) is 0.462. The molecule has 1 fully saturated rings. The highest BCUT2D eigenvalue weighted by Gasteiger charge is 2.51. The summed E-state index contributed by atoms with van der Waals surface area (Å²) in [5.74, 6) is -0.875. The van der Waals surface area contributed by atoms with Gasteiger partial charge < -0.3 is 10.2 Å². The largest absolute Gasteiger partial charge is 0.481 e. The molecule has 0 unspecified atom stereocenters. The molecule has 1 aliphatic rings. The smallest absolute Gasteiger partial charge is 0.314 e. The molecule has 1 atom stereocenters. The van der Waals surface area contributed by atoms with E-state index in [1.807, 2.05) is 0 Å². The van der Waals surface area contributed by atoms with Gasteiger partial charge in [-0.3, -0.25) is 4.79 Å². The zero-order valence-electron chi connectivity index (χ0n) is 11.0. The van der Waals surface area contributed by atoms with Gasteiger partial charge in [0.05, 0.1) is 16.4 Å². The Morgan fingerprint density at radius 2 is 1.90 bits per heavy atom. The maximum absolute atomic E-state index is 11.9. The molecule has 0 bridgehead atoms. The Labute approximate surface area is 117 Å². The van der Waals surface area contributed by atoms with Crippen LogP contribution in [0.25, 0.3) is 0 Å². The van der Waals surface area contributed by atoms with Gasteiger partial charge in [-0.2, -0.15) is 0 Å². The lowest BCUT2D eigenvalue weighted by molar-refractivity contribution is -0.140. The summed E-state index contributed by atoms with van der Waals surface area (Å²) in [5, 5.41) is 18.3. The van der Waals surface area contributed by atoms with Crippen molar-refractivity contribution in [3.05, 3.63) is 29.8 Å². The van der Waals surface area contributed by atoms with Crippen molar-refractivity contribution in [2.24, 2.45) is 0 Å². The average Bonchev–Trinajstić information content (AvgIpc) is 3.18. The third-order valence-corrected chi connectivity index (χ3v) is 4.88. The number of aliphatic hydroxyl groups is 1. The van der Waals surface area contributed by atoms with Crippen molar-refractivity contribution in [1.82, 2.24) is 4.72 Å². The summed E-state index contributed by atoms with van der Waals surface area (Å²) in [7, 11) is -3.67. The molecule has 20 heavy (non-hydrogen) atoms. The minimum absolute atomic E-state index is 0.0584. The molecule has 1 aromatic carbocycles. The van der Waals surface area contributed by atoms with Crippen molar-refractivity contribution in [2.75, 3.05) is 6.54 Å². The second-order valence-electron chi connectivity index (χ2n) is 5.11. The topological polar surface area (TPSA) is 104 Å². The van der Waals surface area contributed by atoms with Gasteiger partial charge in [0, 0.05) is 6.54 Å². The predicted molar refractivity (Wildman–Crippen MR) is 71.9 cm³/mol. The molecule has 3 N–H and O–H groups in total. The van der Waals surface area contributed by atoms with E-state index in [1.54, 1.807) is 0 Å². The van der Waals surface area contributed by atoms with E-state index in [1.165, 1.54) is 31.2 Å². The highest BCUT2D eigenvalue weighted by atomic mass is 32.2. The standard InChI is InChI=1S/C13H17NO5S/c1-9(15)8-14-20(18,19)11-4-2-10(3-5-11)13(6-7-13)12(16)17/h2-5,9,14-15H,6-8H2,1H3,(H,16,17)/t9-/m1/s1. The Kier molecular flexibility index (Phi) is 3.86. The molecule has 0 amide bonds. The van der Waals surface area contributed by atoms with Gasteiger partial charge in [-0.15, -0.1) is 0 Å². The van der Waals surface area contributed by atoms with E-state index in [0.29, 0.717) is 18.4 Å². The average molecular weight is 299 g/mol. The lowest BCUT2D eigenvalue weighted by Crippen LogP contribution is -2.30. The number of carboxylic acids is 1. The van der Waals surface area contributed by atoms with E-state index in [4.69, 9.17) is 5.11 Å². The number of aliphatic carboxylic acids is 1. The number of nitrogens with one attached hydrogen (secondary N) is 1. The van der Waals surface area contributed by atoms with Crippen LogP contribution in [-0.4, -0.2) is 37.2 Å². The highest BCUT2D eigenvalue weighted by Crippen LogP contribution is 2.48. The molecule has 110 valence electrons. The summed E-state index contributed by atoms with van der Waals surface area (Å²) in [5.41, 5.74) is -0.213. The van der Waals surface area contributed by atoms with E-state index in [2.05, 4.69) is 4.72 Å². The molecule has 0 aliphatic heterocycles. The summed E-state index contributed by atoms with van der Waals surface area (Å²) in [6.07, 6.45) is 0.384. The fourth-order valence-electron chi connectivity index (χ4n) is 2.02. The summed E-state index contributed by atoms with van der Waals surface area (Å²) >= 11 is 0. The number of rotatable bonds is 6. The van der Waals surface area contributed by atoms with E-state index >= 15 is 0 Å². The van der Waals surface area contributed by atoms with Crippen molar-refractivity contribution in [3.8, 4) is 0 Å². The van der Waals surface area contributed by atoms with Crippen LogP contribution < -0.4 is 4.72 Å². The first-order valence-corrected chi connectivity index (χ1v) is 7.78. The number of benzene rings is 1. The first-order valence-electron chi connectivity index (χ1n) is 6.30. The van der Waals surface area contributed by atoms with Gasteiger partial charge in [0.15, 0.2) is 0 Å². The van der Waals surface area contributed by atoms with Crippen LogP contribution in [0.4, 0.5) is 0 Å². The molecule has 1 saturated carbocycles. The van der Waals surface area contributed by atoms with Crippen molar-refractivity contribution < 1.29 is 23.4 Å². The number of hydrogen-bond donors (Lipinski definition) is 3. The monoisotopic (exact) mass is 299 g/mol. The molecule has 0 heterocycles. The Balaban J connectivity index is 2.19. The van der Waals surface area contributed by atoms with Gasteiger partial charge in [0.25, 0.3) is 0 Å². The fourth-order valence-corrected chi connectivity index (χ4v) is 3.14. The van der Waals surface area contributed by atoms with Gasteiger partial charge in [0.2, 0.25) is 10.0 Å². The Morgan fingerprint density at radius 1 is 1.35 bits per heavy atom. The fraction of sp³-hybridized carbons (Fsp3) is 0.462. The van der Waals surface area contributed by atoms with Crippen LogP contribution in [0, 0.1) is 0 Å². The minimum atomic E-state index is -3.67. The second-order valence-corrected chi connectivity index (χ2v) is 6.88. The molecule has 2 rings (SSSR count).